The Morgan fingerprint density at radius 3 is 2.52 bits per heavy atom. The van der Waals surface area contributed by atoms with Crippen LogP contribution in [0.3, 0.4) is 0 Å². The summed E-state index contributed by atoms with van der Waals surface area (Å²) in [6.45, 7) is 3.36. The Bertz CT molecular complexity index is 1330. The molecule has 156 valence electrons. The molecule has 8 heteroatoms. The zero-order valence-electron chi connectivity index (χ0n) is 16.7. The van der Waals surface area contributed by atoms with Crippen LogP contribution < -0.4 is 10.6 Å². The fourth-order valence-corrected chi connectivity index (χ4v) is 3.59. The van der Waals surface area contributed by atoms with Crippen LogP contribution in [0.15, 0.2) is 60.8 Å². The van der Waals surface area contributed by atoms with Crippen molar-refractivity contribution in [3.8, 4) is 11.3 Å². The second-order valence-electron chi connectivity index (χ2n) is 7.04. The van der Waals surface area contributed by atoms with Gasteiger partial charge in [-0.3, -0.25) is 14.0 Å². The van der Waals surface area contributed by atoms with Gasteiger partial charge in [0, 0.05) is 29.9 Å². The molecule has 2 N–H and O–H groups in total. The third-order valence-corrected chi connectivity index (χ3v) is 5.45. The number of rotatable bonds is 4. The van der Waals surface area contributed by atoms with Gasteiger partial charge < -0.3 is 10.6 Å². The van der Waals surface area contributed by atoms with Gasteiger partial charge >= 0.3 is 0 Å². The van der Waals surface area contributed by atoms with E-state index < -0.39 is 0 Å². The molecule has 0 fully saturated rings. The molecule has 2 aromatic heterocycles. The van der Waals surface area contributed by atoms with E-state index in [1.54, 1.807) is 42.5 Å². The van der Waals surface area contributed by atoms with E-state index in [9.17, 15) is 9.59 Å². The fourth-order valence-electron chi connectivity index (χ4n) is 3.29. The van der Waals surface area contributed by atoms with Crippen molar-refractivity contribution in [3.63, 3.8) is 0 Å². The van der Waals surface area contributed by atoms with Crippen LogP contribution in [0.25, 0.3) is 16.9 Å². The molecule has 2 amide bonds. The van der Waals surface area contributed by atoms with Crippen molar-refractivity contribution in [2.75, 3.05) is 10.6 Å². The average molecular weight is 453 g/mol. The summed E-state index contributed by atoms with van der Waals surface area (Å²) in [6, 6.07) is 15.8. The smallest absolute Gasteiger partial charge is 0.256 e. The number of anilines is 2. The van der Waals surface area contributed by atoms with Crippen LogP contribution in [0.1, 0.15) is 22.8 Å². The minimum atomic E-state index is -0.336. The van der Waals surface area contributed by atoms with Crippen molar-refractivity contribution < 1.29 is 9.59 Å². The molecular formula is C23H18Cl2N4O2. The molecule has 0 spiro atoms. The van der Waals surface area contributed by atoms with Gasteiger partial charge in [0.25, 0.3) is 5.91 Å². The first kappa shape index (κ1) is 20.9. The monoisotopic (exact) mass is 452 g/mol. The van der Waals surface area contributed by atoms with Crippen molar-refractivity contribution in [1.29, 1.82) is 0 Å². The highest BCUT2D eigenvalue weighted by atomic mass is 35.5. The fraction of sp³-hybridized carbons (Fsp3) is 0.0870. The number of hydrogen-bond acceptors (Lipinski definition) is 3. The van der Waals surface area contributed by atoms with Crippen LogP contribution >= 0.6 is 23.2 Å². The van der Waals surface area contributed by atoms with E-state index in [1.807, 2.05) is 29.7 Å². The lowest BCUT2D eigenvalue weighted by Crippen LogP contribution is -2.15. The summed E-state index contributed by atoms with van der Waals surface area (Å²) in [4.78, 5) is 29.2. The van der Waals surface area contributed by atoms with Crippen LogP contribution in [0, 0.1) is 6.92 Å². The molecule has 6 nitrogen and oxygen atoms in total. The molecule has 0 saturated heterocycles. The van der Waals surface area contributed by atoms with Crippen LogP contribution in [0.2, 0.25) is 10.0 Å². The molecule has 0 radical (unpaired) electrons. The average Bonchev–Trinajstić information content (AvgIpc) is 3.09. The van der Waals surface area contributed by atoms with Crippen LogP contribution in [0.4, 0.5) is 11.5 Å². The van der Waals surface area contributed by atoms with E-state index in [-0.39, 0.29) is 11.8 Å². The molecular weight excluding hydrogens is 435 g/mol. The maximum absolute atomic E-state index is 13.1. The van der Waals surface area contributed by atoms with Gasteiger partial charge in [-0.2, -0.15) is 0 Å². The lowest BCUT2D eigenvalue weighted by molar-refractivity contribution is -0.114. The van der Waals surface area contributed by atoms with Gasteiger partial charge in [0.15, 0.2) is 0 Å². The molecule has 0 bridgehead atoms. The quantitative estimate of drug-likeness (QED) is 0.409. The highest BCUT2D eigenvalue weighted by molar-refractivity contribution is 6.42. The number of carbonyl (C=O) groups is 2. The lowest BCUT2D eigenvalue weighted by atomic mass is 10.1. The highest BCUT2D eigenvalue weighted by Crippen LogP contribution is 2.34. The number of amides is 2. The number of hydrogen-bond donors (Lipinski definition) is 2. The van der Waals surface area contributed by atoms with Gasteiger partial charge in [0.05, 0.1) is 10.0 Å². The van der Waals surface area contributed by atoms with Gasteiger partial charge in [-0.1, -0.05) is 41.4 Å². The van der Waals surface area contributed by atoms with Crippen LogP contribution in [-0.2, 0) is 4.79 Å². The van der Waals surface area contributed by atoms with E-state index in [2.05, 4.69) is 10.6 Å². The van der Waals surface area contributed by atoms with Gasteiger partial charge in [-0.25, -0.2) is 4.98 Å². The minimum absolute atomic E-state index is 0.211. The molecule has 2 heterocycles. The number of aryl methyl sites for hydroxylation is 1. The molecule has 4 aromatic rings. The van der Waals surface area contributed by atoms with Crippen molar-refractivity contribution in [2.24, 2.45) is 0 Å². The number of nitrogens with zero attached hydrogens (tertiary/aromatic N) is 2. The van der Waals surface area contributed by atoms with Crippen molar-refractivity contribution >= 4 is 52.2 Å². The first-order chi connectivity index (χ1) is 14.8. The van der Waals surface area contributed by atoms with Crippen molar-refractivity contribution in [3.05, 3.63) is 82.0 Å². The molecule has 4 rings (SSSR count). The number of benzene rings is 2. The normalized spacial score (nSPS) is 10.8. The number of imidazole rings is 1. The lowest BCUT2D eigenvalue weighted by Gasteiger charge is -2.10. The number of halogens is 2. The molecule has 0 saturated carbocycles. The van der Waals surface area contributed by atoms with Gasteiger partial charge in [-0.05, 0) is 48.9 Å². The second kappa shape index (κ2) is 8.41. The highest BCUT2D eigenvalue weighted by Gasteiger charge is 2.19. The molecule has 31 heavy (non-hydrogen) atoms. The largest absolute Gasteiger partial charge is 0.326 e. The number of nitrogens with one attached hydrogen (secondary N) is 2. The summed E-state index contributed by atoms with van der Waals surface area (Å²) in [5.74, 6) is -0.0411. The maximum atomic E-state index is 13.1. The van der Waals surface area contributed by atoms with Gasteiger partial charge in [0.1, 0.15) is 17.2 Å². The summed E-state index contributed by atoms with van der Waals surface area (Å²) in [7, 11) is 0. The zero-order chi connectivity index (χ0) is 22.1. The first-order valence-corrected chi connectivity index (χ1v) is 10.2. The standard InChI is InChI=1S/C23H18Cl2N4O2/c1-13-5-4-10-29-21(13)27-20(15-8-9-18(24)19(25)12-15)22(29)28-23(31)16-6-3-7-17(11-16)26-14(2)30/h3-12H,1-2H3,(H,26,30)(H,28,31). The molecule has 0 aliphatic rings. The molecule has 0 aliphatic heterocycles. The predicted octanol–water partition coefficient (Wildman–Crippen LogP) is 5.83. The predicted molar refractivity (Wildman–Crippen MR) is 124 cm³/mol. The molecule has 0 aliphatic carbocycles. The Morgan fingerprint density at radius 2 is 1.77 bits per heavy atom. The summed E-state index contributed by atoms with van der Waals surface area (Å²) in [5, 5.41) is 6.48. The number of aromatic nitrogens is 2. The second-order valence-corrected chi connectivity index (χ2v) is 7.85. The summed E-state index contributed by atoms with van der Waals surface area (Å²) >= 11 is 12.3. The third kappa shape index (κ3) is 4.26. The van der Waals surface area contributed by atoms with Crippen molar-refractivity contribution in [2.45, 2.75) is 13.8 Å². The third-order valence-electron chi connectivity index (χ3n) is 4.72. The Labute approximate surface area is 188 Å². The maximum Gasteiger partial charge on any atom is 0.256 e. The van der Waals surface area contributed by atoms with Crippen molar-refractivity contribution in [1.82, 2.24) is 9.38 Å². The SMILES string of the molecule is CC(=O)Nc1cccc(C(=O)Nc2c(-c3ccc(Cl)c(Cl)c3)nc3c(C)cccn23)c1. The molecule has 2 aromatic carbocycles. The Balaban J connectivity index is 1.79. The first-order valence-electron chi connectivity index (χ1n) is 9.45. The van der Waals surface area contributed by atoms with Crippen LogP contribution in [-0.4, -0.2) is 21.2 Å². The Morgan fingerprint density at radius 1 is 0.968 bits per heavy atom. The van der Waals surface area contributed by atoms with E-state index in [4.69, 9.17) is 28.2 Å². The Kier molecular flexibility index (Phi) is 5.67. The van der Waals surface area contributed by atoms with Crippen LogP contribution in [0.5, 0.6) is 0 Å². The zero-order valence-corrected chi connectivity index (χ0v) is 18.3. The minimum Gasteiger partial charge on any atom is -0.326 e. The number of fused-ring (bicyclic) bond motifs is 1. The van der Waals surface area contributed by atoms with Gasteiger partial charge in [-0.15, -0.1) is 0 Å². The van der Waals surface area contributed by atoms with Gasteiger partial charge in [0.2, 0.25) is 5.91 Å². The van der Waals surface area contributed by atoms with E-state index >= 15 is 0 Å². The summed E-state index contributed by atoms with van der Waals surface area (Å²) in [5.41, 5.74) is 3.90. The summed E-state index contributed by atoms with van der Waals surface area (Å²) in [6.07, 6.45) is 1.83. The van der Waals surface area contributed by atoms with E-state index in [0.29, 0.717) is 38.5 Å². The van der Waals surface area contributed by atoms with E-state index in [1.165, 1.54) is 6.92 Å². The molecule has 0 unspecified atom stereocenters. The molecule has 0 atom stereocenters. The Hall–Kier alpha value is -3.35. The number of carbonyl (C=O) groups excluding carboxylic acids is 2. The summed E-state index contributed by atoms with van der Waals surface area (Å²) < 4.78 is 1.82. The van der Waals surface area contributed by atoms with E-state index in [0.717, 1.165) is 11.1 Å². The number of pyridine rings is 1. The topological polar surface area (TPSA) is 75.5 Å².